The van der Waals surface area contributed by atoms with Crippen molar-refractivity contribution in [1.29, 1.82) is 0 Å². The number of carbonyl (C=O) groups is 1. The van der Waals surface area contributed by atoms with Gasteiger partial charge in [0.2, 0.25) is 10.0 Å². The van der Waals surface area contributed by atoms with Crippen molar-refractivity contribution in [2.75, 3.05) is 25.6 Å². The number of amides is 1. The lowest BCUT2D eigenvalue weighted by Crippen LogP contribution is -2.24. The van der Waals surface area contributed by atoms with Gasteiger partial charge in [0.15, 0.2) is 11.5 Å². The summed E-state index contributed by atoms with van der Waals surface area (Å²) in [6.45, 7) is 4.70. The van der Waals surface area contributed by atoms with Crippen LogP contribution in [0.5, 0.6) is 11.5 Å². The van der Waals surface area contributed by atoms with Crippen LogP contribution in [0.3, 0.4) is 0 Å². The number of carbonyl (C=O) groups excluding carboxylic acids is 1. The summed E-state index contributed by atoms with van der Waals surface area (Å²) in [4.78, 5) is 12.7. The van der Waals surface area contributed by atoms with Crippen LogP contribution in [0.2, 0.25) is 0 Å². The van der Waals surface area contributed by atoms with Gasteiger partial charge in [-0.3, -0.25) is 4.79 Å². The van der Waals surface area contributed by atoms with Crippen LogP contribution < -0.4 is 19.5 Å². The topological polar surface area (TPSA) is 93.7 Å². The predicted octanol–water partition coefficient (Wildman–Crippen LogP) is 3.42. The van der Waals surface area contributed by atoms with E-state index in [0.29, 0.717) is 35.9 Å². The maximum atomic E-state index is 12.6. The van der Waals surface area contributed by atoms with E-state index < -0.39 is 10.0 Å². The quantitative estimate of drug-likeness (QED) is 0.590. The van der Waals surface area contributed by atoms with E-state index in [-0.39, 0.29) is 10.8 Å². The standard InChI is InChI=1S/C20H26N2O5S/c1-4-6-12-21-28(24,25)17-9-7-8-16(14-17)22-20(23)15-10-11-18(27-5-2)19(13-15)26-3/h7-11,13-14,21H,4-6,12H2,1-3H3,(H,22,23). The normalized spacial score (nSPS) is 11.1. The smallest absolute Gasteiger partial charge is 0.255 e. The van der Waals surface area contributed by atoms with Crippen molar-refractivity contribution in [2.45, 2.75) is 31.6 Å². The summed E-state index contributed by atoms with van der Waals surface area (Å²) in [6, 6.07) is 11.0. The van der Waals surface area contributed by atoms with Crippen LogP contribution >= 0.6 is 0 Å². The highest BCUT2D eigenvalue weighted by Gasteiger charge is 2.15. The van der Waals surface area contributed by atoms with Gasteiger partial charge in [-0.2, -0.15) is 0 Å². The average Bonchev–Trinajstić information content (AvgIpc) is 2.68. The molecule has 28 heavy (non-hydrogen) atoms. The van der Waals surface area contributed by atoms with E-state index in [2.05, 4.69) is 10.0 Å². The van der Waals surface area contributed by atoms with Crippen molar-refractivity contribution < 1.29 is 22.7 Å². The second kappa shape index (κ2) is 10.1. The number of hydrogen-bond donors (Lipinski definition) is 2. The van der Waals surface area contributed by atoms with Gasteiger partial charge in [0.1, 0.15) is 0 Å². The molecule has 0 aromatic heterocycles. The highest BCUT2D eigenvalue weighted by atomic mass is 32.2. The lowest BCUT2D eigenvalue weighted by atomic mass is 10.2. The Morgan fingerprint density at radius 2 is 1.86 bits per heavy atom. The fourth-order valence-corrected chi connectivity index (χ4v) is 3.61. The first-order valence-corrected chi connectivity index (χ1v) is 10.6. The molecule has 0 saturated heterocycles. The Labute approximate surface area is 166 Å². The molecule has 0 heterocycles. The zero-order valence-corrected chi connectivity index (χ0v) is 17.1. The van der Waals surface area contributed by atoms with Crippen LogP contribution in [0.1, 0.15) is 37.0 Å². The third-order valence-corrected chi connectivity index (χ3v) is 5.41. The van der Waals surface area contributed by atoms with E-state index in [4.69, 9.17) is 9.47 Å². The number of methoxy groups -OCH3 is 1. The van der Waals surface area contributed by atoms with Crippen molar-refractivity contribution in [1.82, 2.24) is 4.72 Å². The molecule has 0 aliphatic rings. The lowest BCUT2D eigenvalue weighted by Gasteiger charge is -2.12. The fourth-order valence-electron chi connectivity index (χ4n) is 2.49. The first-order chi connectivity index (χ1) is 13.4. The minimum Gasteiger partial charge on any atom is -0.493 e. The summed E-state index contributed by atoms with van der Waals surface area (Å²) < 4.78 is 37.9. The lowest BCUT2D eigenvalue weighted by molar-refractivity contribution is 0.102. The van der Waals surface area contributed by atoms with E-state index in [1.165, 1.54) is 19.2 Å². The Balaban J connectivity index is 2.16. The molecule has 0 radical (unpaired) electrons. The third-order valence-electron chi connectivity index (χ3n) is 3.95. The van der Waals surface area contributed by atoms with Gasteiger partial charge in [-0.05, 0) is 49.7 Å². The summed E-state index contributed by atoms with van der Waals surface area (Å²) in [6.07, 6.45) is 1.65. The van der Waals surface area contributed by atoms with Crippen molar-refractivity contribution in [3.8, 4) is 11.5 Å². The van der Waals surface area contributed by atoms with Crippen LogP contribution in [-0.4, -0.2) is 34.6 Å². The number of rotatable bonds is 10. The molecule has 0 aliphatic carbocycles. The molecule has 0 fully saturated rings. The number of unbranched alkanes of at least 4 members (excludes halogenated alkanes) is 1. The number of sulfonamides is 1. The van der Waals surface area contributed by atoms with Gasteiger partial charge in [0.25, 0.3) is 5.91 Å². The monoisotopic (exact) mass is 406 g/mol. The summed E-state index contributed by atoms with van der Waals surface area (Å²) in [5.74, 6) is 0.619. The first-order valence-electron chi connectivity index (χ1n) is 9.13. The largest absolute Gasteiger partial charge is 0.493 e. The van der Waals surface area contributed by atoms with Gasteiger partial charge >= 0.3 is 0 Å². The summed E-state index contributed by atoms with van der Waals surface area (Å²) in [5.41, 5.74) is 0.755. The van der Waals surface area contributed by atoms with E-state index in [1.807, 2.05) is 13.8 Å². The Morgan fingerprint density at radius 3 is 2.54 bits per heavy atom. The minimum atomic E-state index is -3.62. The minimum absolute atomic E-state index is 0.102. The maximum Gasteiger partial charge on any atom is 0.255 e. The molecule has 0 aliphatic heterocycles. The molecule has 2 aromatic carbocycles. The van der Waals surface area contributed by atoms with Crippen LogP contribution in [0.4, 0.5) is 5.69 Å². The second-order valence-corrected chi connectivity index (χ2v) is 7.80. The molecule has 0 saturated carbocycles. The molecule has 8 heteroatoms. The zero-order chi connectivity index (χ0) is 20.6. The van der Waals surface area contributed by atoms with Crippen molar-refractivity contribution in [3.63, 3.8) is 0 Å². The van der Waals surface area contributed by atoms with Gasteiger partial charge in [-0.1, -0.05) is 19.4 Å². The molecular weight excluding hydrogens is 380 g/mol. The van der Waals surface area contributed by atoms with Crippen molar-refractivity contribution in [3.05, 3.63) is 48.0 Å². The first kappa shape index (κ1) is 21.7. The summed E-state index contributed by atoms with van der Waals surface area (Å²) in [7, 11) is -2.12. The van der Waals surface area contributed by atoms with Gasteiger partial charge in [-0.15, -0.1) is 0 Å². The molecule has 1 amide bonds. The number of ether oxygens (including phenoxy) is 2. The van der Waals surface area contributed by atoms with Gasteiger partial charge in [0.05, 0.1) is 18.6 Å². The van der Waals surface area contributed by atoms with Crippen LogP contribution in [0, 0.1) is 0 Å². The number of benzene rings is 2. The molecular formula is C20H26N2O5S. The molecule has 7 nitrogen and oxygen atoms in total. The number of hydrogen-bond acceptors (Lipinski definition) is 5. The molecule has 0 unspecified atom stereocenters. The summed E-state index contributed by atoms with van der Waals surface area (Å²) in [5, 5.41) is 2.71. The van der Waals surface area contributed by atoms with Crippen molar-refractivity contribution >= 4 is 21.6 Å². The van der Waals surface area contributed by atoms with Crippen LogP contribution in [0.15, 0.2) is 47.4 Å². The molecule has 2 N–H and O–H groups in total. The fraction of sp³-hybridized carbons (Fsp3) is 0.350. The molecule has 0 atom stereocenters. The Hall–Kier alpha value is -2.58. The Bertz CT molecular complexity index is 913. The highest BCUT2D eigenvalue weighted by Crippen LogP contribution is 2.28. The van der Waals surface area contributed by atoms with Crippen LogP contribution in [-0.2, 0) is 10.0 Å². The molecule has 0 bridgehead atoms. The molecule has 2 aromatic rings. The van der Waals surface area contributed by atoms with Crippen LogP contribution in [0.25, 0.3) is 0 Å². The van der Waals surface area contributed by atoms with E-state index >= 15 is 0 Å². The van der Waals surface area contributed by atoms with Gasteiger partial charge < -0.3 is 14.8 Å². The van der Waals surface area contributed by atoms with E-state index in [0.717, 1.165) is 12.8 Å². The summed E-state index contributed by atoms with van der Waals surface area (Å²) >= 11 is 0. The Morgan fingerprint density at radius 1 is 1.07 bits per heavy atom. The Kier molecular flexibility index (Phi) is 7.83. The van der Waals surface area contributed by atoms with E-state index in [9.17, 15) is 13.2 Å². The second-order valence-electron chi connectivity index (χ2n) is 6.03. The number of nitrogens with one attached hydrogen (secondary N) is 2. The van der Waals surface area contributed by atoms with Crippen molar-refractivity contribution in [2.24, 2.45) is 0 Å². The third kappa shape index (κ3) is 5.71. The average molecular weight is 407 g/mol. The predicted molar refractivity (Wildman–Crippen MR) is 109 cm³/mol. The zero-order valence-electron chi connectivity index (χ0n) is 16.3. The highest BCUT2D eigenvalue weighted by molar-refractivity contribution is 7.89. The van der Waals surface area contributed by atoms with E-state index in [1.54, 1.807) is 30.3 Å². The molecule has 152 valence electrons. The SMILES string of the molecule is CCCCNS(=O)(=O)c1cccc(NC(=O)c2ccc(OCC)c(OC)c2)c1. The molecule has 0 spiro atoms. The van der Waals surface area contributed by atoms with Gasteiger partial charge in [0, 0.05) is 17.8 Å². The maximum absolute atomic E-state index is 12.6. The number of anilines is 1. The molecule has 2 rings (SSSR count). The van der Waals surface area contributed by atoms with Gasteiger partial charge in [-0.25, -0.2) is 13.1 Å².